The monoisotopic (exact) mass is 300 g/mol. The largest absolute Gasteiger partial charge is 0.468 e. The summed E-state index contributed by atoms with van der Waals surface area (Å²) in [5, 5.41) is 6.17. The fraction of sp³-hybridized carbons (Fsp3) is 0.867. The third kappa shape index (κ3) is 6.80. The first-order valence-corrected chi connectivity index (χ1v) is 7.54. The molecule has 0 aliphatic heterocycles. The Morgan fingerprint density at radius 2 is 1.62 bits per heavy atom. The van der Waals surface area contributed by atoms with Gasteiger partial charge in [0, 0.05) is 12.1 Å². The number of esters is 1. The summed E-state index contributed by atoms with van der Waals surface area (Å²) in [4.78, 5) is 23.1. The number of methoxy groups -OCH3 is 1. The highest BCUT2D eigenvalue weighted by molar-refractivity contribution is 5.75. The fourth-order valence-corrected chi connectivity index (χ4v) is 2.48. The summed E-state index contributed by atoms with van der Waals surface area (Å²) in [5.74, 6) is -0.246. The SMILES string of the molecule is COC(=O)C(C)NC1CCC(NC(=O)OC(C)(C)C)CC1. The van der Waals surface area contributed by atoms with Crippen molar-refractivity contribution in [3.63, 3.8) is 0 Å². The lowest BCUT2D eigenvalue weighted by atomic mass is 9.91. The second-order valence-electron chi connectivity index (χ2n) is 6.61. The summed E-state index contributed by atoms with van der Waals surface area (Å²) in [6, 6.07) is 0.137. The average molecular weight is 300 g/mol. The molecule has 122 valence electrons. The van der Waals surface area contributed by atoms with Crippen molar-refractivity contribution in [1.29, 1.82) is 0 Å². The van der Waals surface area contributed by atoms with E-state index in [9.17, 15) is 9.59 Å². The van der Waals surface area contributed by atoms with Crippen LogP contribution in [0.15, 0.2) is 0 Å². The van der Waals surface area contributed by atoms with Gasteiger partial charge in [0.25, 0.3) is 0 Å². The minimum Gasteiger partial charge on any atom is -0.468 e. The van der Waals surface area contributed by atoms with Crippen LogP contribution in [-0.4, -0.2) is 42.9 Å². The molecule has 1 rings (SSSR count). The molecule has 1 unspecified atom stereocenters. The van der Waals surface area contributed by atoms with Gasteiger partial charge < -0.3 is 20.1 Å². The predicted octanol–water partition coefficient (Wildman–Crippen LogP) is 1.97. The molecule has 1 amide bonds. The Morgan fingerprint density at radius 3 is 2.10 bits per heavy atom. The number of hydrogen-bond acceptors (Lipinski definition) is 5. The van der Waals surface area contributed by atoms with E-state index in [1.165, 1.54) is 7.11 Å². The molecule has 0 saturated heterocycles. The second kappa shape index (κ2) is 7.64. The minimum atomic E-state index is -0.473. The molecule has 1 atom stereocenters. The Morgan fingerprint density at radius 1 is 1.10 bits per heavy atom. The second-order valence-corrected chi connectivity index (χ2v) is 6.61. The van der Waals surface area contributed by atoms with Crippen LogP contribution in [0.5, 0.6) is 0 Å². The topological polar surface area (TPSA) is 76.7 Å². The third-order valence-electron chi connectivity index (χ3n) is 3.49. The van der Waals surface area contributed by atoms with Gasteiger partial charge in [0.2, 0.25) is 0 Å². The molecule has 6 nitrogen and oxygen atoms in total. The Hall–Kier alpha value is -1.30. The van der Waals surface area contributed by atoms with Gasteiger partial charge in [-0.3, -0.25) is 4.79 Å². The number of alkyl carbamates (subject to hydrolysis) is 1. The molecule has 1 saturated carbocycles. The molecule has 21 heavy (non-hydrogen) atoms. The quantitative estimate of drug-likeness (QED) is 0.776. The van der Waals surface area contributed by atoms with Gasteiger partial charge in [0.1, 0.15) is 11.6 Å². The summed E-state index contributed by atoms with van der Waals surface area (Å²) in [7, 11) is 1.39. The summed E-state index contributed by atoms with van der Waals surface area (Å²) in [6.45, 7) is 7.35. The van der Waals surface area contributed by atoms with E-state index in [2.05, 4.69) is 10.6 Å². The Kier molecular flexibility index (Phi) is 6.45. The lowest BCUT2D eigenvalue weighted by Crippen LogP contribution is -2.47. The van der Waals surface area contributed by atoms with Gasteiger partial charge in [-0.25, -0.2) is 4.79 Å². The van der Waals surface area contributed by atoms with Crippen molar-refractivity contribution in [2.45, 2.75) is 77.1 Å². The molecule has 2 N–H and O–H groups in total. The highest BCUT2D eigenvalue weighted by Crippen LogP contribution is 2.20. The molecule has 0 spiro atoms. The molecule has 0 aromatic carbocycles. The van der Waals surface area contributed by atoms with Crippen LogP contribution in [0.2, 0.25) is 0 Å². The molecule has 0 aromatic heterocycles. The standard InChI is InChI=1S/C15H28N2O4/c1-10(13(18)20-5)16-11-6-8-12(9-7-11)17-14(19)21-15(2,3)4/h10-12,16H,6-9H2,1-5H3,(H,17,19). The zero-order chi connectivity index (χ0) is 16.0. The summed E-state index contributed by atoms with van der Waals surface area (Å²) in [5.41, 5.74) is -0.473. The number of carbonyl (C=O) groups excluding carboxylic acids is 2. The van der Waals surface area contributed by atoms with Crippen LogP contribution in [0.1, 0.15) is 53.4 Å². The van der Waals surface area contributed by atoms with Crippen LogP contribution in [0.3, 0.4) is 0 Å². The first-order chi connectivity index (χ1) is 9.71. The van der Waals surface area contributed by atoms with Crippen molar-refractivity contribution in [1.82, 2.24) is 10.6 Å². The van der Waals surface area contributed by atoms with Crippen LogP contribution < -0.4 is 10.6 Å². The molecular formula is C15H28N2O4. The highest BCUT2D eigenvalue weighted by atomic mass is 16.6. The van der Waals surface area contributed by atoms with Gasteiger partial charge in [-0.15, -0.1) is 0 Å². The molecule has 0 bridgehead atoms. The Labute approximate surface area is 126 Å². The van der Waals surface area contributed by atoms with Gasteiger partial charge in [-0.2, -0.15) is 0 Å². The van der Waals surface area contributed by atoms with Crippen LogP contribution in [-0.2, 0) is 14.3 Å². The van der Waals surface area contributed by atoms with E-state index in [1.807, 2.05) is 20.8 Å². The number of nitrogens with one attached hydrogen (secondary N) is 2. The van der Waals surface area contributed by atoms with Crippen LogP contribution >= 0.6 is 0 Å². The molecule has 0 heterocycles. The van der Waals surface area contributed by atoms with Crippen molar-refractivity contribution in [3.05, 3.63) is 0 Å². The third-order valence-corrected chi connectivity index (χ3v) is 3.49. The average Bonchev–Trinajstić information content (AvgIpc) is 2.37. The maximum atomic E-state index is 11.7. The number of amides is 1. The highest BCUT2D eigenvalue weighted by Gasteiger charge is 2.26. The van der Waals surface area contributed by atoms with Gasteiger partial charge >= 0.3 is 12.1 Å². The number of ether oxygens (including phenoxy) is 2. The van der Waals surface area contributed by atoms with E-state index >= 15 is 0 Å². The number of carbonyl (C=O) groups is 2. The van der Waals surface area contributed by atoms with Crippen LogP contribution in [0, 0.1) is 0 Å². The molecule has 1 fully saturated rings. The maximum absolute atomic E-state index is 11.7. The molecule has 0 radical (unpaired) electrons. The van der Waals surface area contributed by atoms with E-state index in [-0.39, 0.29) is 30.2 Å². The normalized spacial score (nSPS) is 24.0. The number of hydrogen-bond donors (Lipinski definition) is 2. The molecule has 1 aliphatic rings. The fourth-order valence-electron chi connectivity index (χ4n) is 2.48. The smallest absolute Gasteiger partial charge is 0.407 e. The van der Waals surface area contributed by atoms with E-state index in [1.54, 1.807) is 6.92 Å². The minimum absolute atomic E-state index is 0.145. The summed E-state index contributed by atoms with van der Waals surface area (Å²) < 4.78 is 9.95. The Balaban J connectivity index is 2.29. The van der Waals surface area contributed by atoms with E-state index < -0.39 is 5.60 Å². The van der Waals surface area contributed by atoms with Gasteiger partial charge in [0.15, 0.2) is 0 Å². The first-order valence-electron chi connectivity index (χ1n) is 7.54. The Bertz CT molecular complexity index is 357. The lowest BCUT2D eigenvalue weighted by Gasteiger charge is -2.31. The van der Waals surface area contributed by atoms with Crippen molar-refractivity contribution in [2.75, 3.05) is 7.11 Å². The predicted molar refractivity (Wildman–Crippen MR) is 80.0 cm³/mol. The number of rotatable bonds is 4. The van der Waals surface area contributed by atoms with Crippen LogP contribution in [0.25, 0.3) is 0 Å². The van der Waals surface area contributed by atoms with Gasteiger partial charge in [-0.1, -0.05) is 0 Å². The van der Waals surface area contributed by atoms with Crippen molar-refractivity contribution in [3.8, 4) is 0 Å². The zero-order valence-electron chi connectivity index (χ0n) is 13.7. The van der Waals surface area contributed by atoms with E-state index in [4.69, 9.17) is 9.47 Å². The summed E-state index contributed by atoms with van der Waals surface area (Å²) >= 11 is 0. The van der Waals surface area contributed by atoms with E-state index in [0.717, 1.165) is 25.7 Å². The van der Waals surface area contributed by atoms with Crippen molar-refractivity contribution >= 4 is 12.1 Å². The van der Waals surface area contributed by atoms with E-state index in [0.29, 0.717) is 0 Å². The zero-order valence-corrected chi connectivity index (χ0v) is 13.7. The maximum Gasteiger partial charge on any atom is 0.407 e. The van der Waals surface area contributed by atoms with Crippen molar-refractivity contribution < 1.29 is 19.1 Å². The lowest BCUT2D eigenvalue weighted by molar-refractivity contribution is -0.142. The molecular weight excluding hydrogens is 272 g/mol. The molecule has 0 aromatic rings. The molecule has 6 heteroatoms. The first kappa shape index (κ1) is 17.8. The van der Waals surface area contributed by atoms with Gasteiger partial charge in [0.05, 0.1) is 7.11 Å². The van der Waals surface area contributed by atoms with Gasteiger partial charge in [-0.05, 0) is 53.4 Å². The summed E-state index contributed by atoms with van der Waals surface area (Å²) in [6.07, 6.45) is 3.24. The molecule has 1 aliphatic carbocycles. The van der Waals surface area contributed by atoms with Crippen LogP contribution in [0.4, 0.5) is 4.79 Å². The van der Waals surface area contributed by atoms with Crippen molar-refractivity contribution in [2.24, 2.45) is 0 Å².